The summed E-state index contributed by atoms with van der Waals surface area (Å²) in [5.41, 5.74) is 0. The van der Waals surface area contributed by atoms with Crippen LogP contribution in [-0.4, -0.2) is 35.0 Å². The number of carboxylic acid groups (broad SMARTS) is 1. The average molecular weight is 283 g/mol. The van der Waals surface area contributed by atoms with Crippen LogP contribution in [0.4, 0.5) is 0 Å². The predicted octanol–water partition coefficient (Wildman–Crippen LogP) is 2.64. The third kappa shape index (κ3) is 5.42. The third-order valence-electron chi connectivity index (χ3n) is 3.04. The van der Waals surface area contributed by atoms with Crippen molar-refractivity contribution in [2.24, 2.45) is 5.92 Å². The Bertz CT molecular complexity index is 403. The Labute approximate surface area is 118 Å². The number of amides is 1. The Morgan fingerprint density at radius 1 is 1.47 bits per heavy atom. The molecule has 0 aromatic carbocycles. The fourth-order valence-corrected chi connectivity index (χ4v) is 2.59. The summed E-state index contributed by atoms with van der Waals surface area (Å²) in [6, 6.07) is 4.08. The van der Waals surface area contributed by atoms with Gasteiger partial charge >= 0.3 is 5.97 Å². The summed E-state index contributed by atoms with van der Waals surface area (Å²) in [5, 5.41) is 10.9. The smallest absolute Gasteiger partial charge is 0.308 e. The summed E-state index contributed by atoms with van der Waals surface area (Å²) >= 11 is 1.70. The van der Waals surface area contributed by atoms with E-state index in [1.165, 1.54) is 4.88 Å². The van der Waals surface area contributed by atoms with Gasteiger partial charge in [-0.15, -0.1) is 11.3 Å². The number of rotatable bonds is 8. The van der Waals surface area contributed by atoms with Crippen LogP contribution < -0.4 is 0 Å². The number of carbonyl (C=O) groups is 2. The molecule has 1 amide bonds. The van der Waals surface area contributed by atoms with Crippen molar-refractivity contribution in [1.29, 1.82) is 0 Å². The number of carbonyl (C=O) groups excluding carboxylic acids is 1. The minimum Gasteiger partial charge on any atom is -0.481 e. The molecule has 0 saturated heterocycles. The summed E-state index contributed by atoms with van der Waals surface area (Å²) in [6.45, 7) is 4.37. The molecule has 0 radical (unpaired) electrons. The maximum absolute atomic E-state index is 12.0. The van der Waals surface area contributed by atoms with E-state index in [0.29, 0.717) is 19.5 Å². The first-order valence-electron chi connectivity index (χ1n) is 6.57. The minimum atomic E-state index is -0.857. The van der Waals surface area contributed by atoms with Gasteiger partial charge in [0.2, 0.25) is 5.91 Å². The van der Waals surface area contributed by atoms with Crippen molar-refractivity contribution in [2.45, 2.75) is 33.1 Å². The molecule has 1 rings (SSSR count). The van der Waals surface area contributed by atoms with Gasteiger partial charge in [-0.3, -0.25) is 9.59 Å². The second-order valence-electron chi connectivity index (χ2n) is 4.60. The van der Waals surface area contributed by atoms with Gasteiger partial charge in [-0.25, -0.2) is 0 Å². The molecular weight excluding hydrogens is 262 g/mol. The summed E-state index contributed by atoms with van der Waals surface area (Å²) in [6.07, 6.45) is 2.21. The van der Waals surface area contributed by atoms with Crippen molar-refractivity contribution >= 4 is 23.2 Å². The molecule has 4 nitrogen and oxygen atoms in total. The second kappa shape index (κ2) is 7.94. The van der Waals surface area contributed by atoms with E-state index in [9.17, 15) is 9.59 Å². The Balaban J connectivity index is 2.34. The van der Waals surface area contributed by atoms with E-state index in [0.717, 1.165) is 12.8 Å². The summed E-state index contributed by atoms with van der Waals surface area (Å²) in [7, 11) is 0. The van der Waals surface area contributed by atoms with E-state index in [1.807, 2.05) is 18.4 Å². The largest absolute Gasteiger partial charge is 0.481 e. The van der Waals surface area contributed by atoms with Crippen LogP contribution >= 0.6 is 11.3 Å². The van der Waals surface area contributed by atoms with Gasteiger partial charge < -0.3 is 10.0 Å². The Kier molecular flexibility index (Phi) is 6.56. The van der Waals surface area contributed by atoms with Crippen LogP contribution in [0.25, 0.3) is 0 Å². The first-order valence-corrected chi connectivity index (χ1v) is 7.45. The number of thiophene rings is 1. The normalized spacial score (nSPS) is 12.1. The Hall–Kier alpha value is -1.36. The van der Waals surface area contributed by atoms with Crippen LogP contribution in [0.2, 0.25) is 0 Å². The molecule has 5 heteroatoms. The zero-order chi connectivity index (χ0) is 14.3. The summed E-state index contributed by atoms with van der Waals surface area (Å²) in [5.74, 6) is -1.32. The van der Waals surface area contributed by atoms with Gasteiger partial charge in [0.25, 0.3) is 0 Å². The Morgan fingerprint density at radius 2 is 2.21 bits per heavy atom. The highest BCUT2D eigenvalue weighted by Crippen LogP contribution is 2.13. The lowest BCUT2D eigenvalue weighted by Gasteiger charge is -2.22. The monoisotopic (exact) mass is 283 g/mol. The van der Waals surface area contributed by atoms with E-state index >= 15 is 0 Å². The van der Waals surface area contributed by atoms with Gasteiger partial charge in [-0.1, -0.05) is 13.0 Å². The first kappa shape index (κ1) is 15.7. The molecule has 1 aromatic rings. The topological polar surface area (TPSA) is 57.6 Å². The SMILES string of the molecule is CCN(CC(C)C(=O)O)C(=O)CCCc1cccs1. The molecule has 0 aliphatic rings. The lowest BCUT2D eigenvalue weighted by Crippen LogP contribution is -2.36. The molecule has 0 aliphatic heterocycles. The van der Waals surface area contributed by atoms with Crippen molar-refractivity contribution < 1.29 is 14.7 Å². The van der Waals surface area contributed by atoms with Gasteiger partial charge in [0.1, 0.15) is 0 Å². The molecule has 0 spiro atoms. The molecule has 0 bridgehead atoms. The number of hydrogen-bond acceptors (Lipinski definition) is 3. The minimum absolute atomic E-state index is 0.0483. The standard InChI is InChI=1S/C14H21NO3S/c1-3-15(10-11(2)14(17)18)13(16)8-4-6-12-7-5-9-19-12/h5,7,9,11H,3-4,6,8,10H2,1-2H3,(H,17,18). The molecular formula is C14H21NO3S. The maximum atomic E-state index is 12.0. The lowest BCUT2D eigenvalue weighted by atomic mass is 10.1. The highest BCUT2D eigenvalue weighted by Gasteiger charge is 2.18. The lowest BCUT2D eigenvalue weighted by molar-refractivity contribution is -0.143. The van der Waals surface area contributed by atoms with E-state index in [2.05, 4.69) is 6.07 Å². The van der Waals surface area contributed by atoms with Crippen LogP contribution in [0.5, 0.6) is 0 Å². The molecule has 1 N–H and O–H groups in total. The van der Waals surface area contributed by atoms with E-state index in [1.54, 1.807) is 23.2 Å². The highest BCUT2D eigenvalue weighted by atomic mass is 32.1. The maximum Gasteiger partial charge on any atom is 0.308 e. The number of hydrogen-bond donors (Lipinski definition) is 1. The molecule has 1 unspecified atom stereocenters. The Morgan fingerprint density at radius 3 is 2.74 bits per heavy atom. The zero-order valence-electron chi connectivity index (χ0n) is 11.5. The fraction of sp³-hybridized carbons (Fsp3) is 0.571. The van der Waals surface area contributed by atoms with Crippen LogP contribution in [0.15, 0.2) is 17.5 Å². The quantitative estimate of drug-likeness (QED) is 0.798. The van der Waals surface area contributed by atoms with Crippen molar-refractivity contribution in [3.8, 4) is 0 Å². The molecule has 0 fully saturated rings. The molecule has 106 valence electrons. The van der Waals surface area contributed by atoms with Gasteiger partial charge in [0.05, 0.1) is 5.92 Å². The number of carboxylic acids is 1. The number of nitrogens with zero attached hydrogens (tertiary/aromatic N) is 1. The summed E-state index contributed by atoms with van der Waals surface area (Å²) < 4.78 is 0. The van der Waals surface area contributed by atoms with Crippen LogP contribution in [0.1, 0.15) is 31.6 Å². The van der Waals surface area contributed by atoms with Gasteiger partial charge in [0.15, 0.2) is 0 Å². The highest BCUT2D eigenvalue weighted by molar-refractivity contribution is 7.09. The third-order valence-corrected chi connectivity index (χ3v) is 3.98. The first-order chi connectivity index (χ1) is 9.04. The second-order valence-corrected chi connectivity index (χ2v) is 5.64. The van der Waals surface area contributed by atoms with Gasteiger partial charge in [0, 0.05) is 24.4 Å². The van der Waals surface area contributed by atoms with Crippen molar-refractivity contribution in [3.05, 3.63) is 22.4 Å². The van der Waals surface area contributed by atoms with Gasteiger partial charge in [-0.2, -0.15) is 0 Å². The zero-order valence-corrected chi connectivity index (χ0v) is 12.3. The number of aliphatic carboxylic acids is 1. The van der Waals surface area contributed by atoms with E-state index in [4.69, 9.17) is 5.11 Å². The van der Waals surface area contributed by atoms with E-state index in [-0.39, 0.29) is 5.91 Å². The van der Waals surface area contributed by atoms with Crippen LogP contribution in [0, 0.1) is 5.92 Å². The van der Waals surface area contributed by atoms with E-state index < -0.39 is 11.9 Å². The van der Waals surface area contributed by atoms with Crippen molar-refractivity contribution in [2.75, 3.05) is 13.1 Å². The average Bonchev–Trinajstić information content (AvgIpc) is 2.88. The fourth-order valence-electron chi connectivity index (χ4n) is 1.84. The molecule has 1 atom stereocenters. The van der Waals surface area contributed by atoms with Crippen molar-refractivity contribution in [1.82, 2.24) is 4.90 Å². The summed E-state index contributed by atoms with van der Waals surface area (Å²) in [4.78, 5) is 25.7. The molecule has 1 heterocycles. The van der Waals surface area contributed by atoms with Gasteiger partial charge in [-0.05, 0) is 31.2 Å². The molecule has 1 aromatic heterocycles. The van der Waals surface area contributed by atoms with Crippen molar-refractivity contribution in [3.63, 3.8) is 0 Å². The molecule has 0 aliphatic carbocycles. The van der Waals surface area contributed by atoms with Crippen LogP contribution in [0.3, 0.4) is 0 Å². The predicted molar refractivity (Wildman–Crippen MR) is 76.3 cm³/mol. The molecule has 0 saturated carbocycles. The van der Waals surface area contributed by atoms with Crippen LogP contribution in [-0.2, 0) is 16.0 Å². The number of aryl methyl sites for hydroxylation is 1. The molecule has 19 heavy (non-hydrogen) atoms.